The number of imide groups is 1. The second-order valence-corrected chi connectivity index (χ2v) is 3.54. The molecule has 0 spiro atoms. The highest BCUT2D eigenvalue weighted by Crippen LogP contribution is 2.03. The minimum Gasteiger partial charge on any atom is -0.376 e. The van der Waals surface area contributed by atoms with E-state index in [-0.39, 0.29) is 18.6 Å². The monoisotopic (exact) mass is 215 g/mol. The molecule has 0 aromatic heterocycles. The van der Waals surface area contributed by atoms with Gasteiger partial charge in [0.2, 0.25) is 5.91 Å². The highest BCUT2D eigenvalue weighted by molar-refractivity contribution is 5.95. The lowest BCUT2D eigenvalue weighted by Gasteiger charge is -2.30. The van der Waals surface area contributed by atoms with Crippen LogP contribution in [0.25, 0.3) is 0 Å². The van der Waals surface area contributed by atoms with Crippen molar-refractivity contribution in [1.82, 2.24) is 15.5 Å². The fraction of sp³-hybridized carbons (Fsp3) is 0.778. The Morgan fingerprint density at radius 1 is 1.53 bits per heavy atom. The minimum absolute atomic E-state index is 0.145. The van der Waals surface area contributed by atoms with E-state index in [1.165, 1.54) is 7.05 Å². The molecule has 1 aliphatic rings. The first-order chi connectivity index (χ1) is 7.11. The molecule has 1 unspecified atom stereocenters. The van der Waals surface area contributed by atoms with Crippen LogP contribution in [0.4, 0.5) is 4.79 Å². The van der Waals surface area contributed by atoms with Crippen molar-refractivity contribution in [3.8, 4) is 0 Å². The number of nitrogens with zero attached hydrogens (tertiary/aromatic N) is 1. The van der Waals surface area contributed by atoms with Gasteiger partial charge in [0.15, 0.2) is 0 Å². The average Bonchev–Trinajstić information content (AvgIpc) is 2.17. The Kier molecular flexibility index (Phi) is 4.51. The predicted molar refractivity (Wildman–Crippen MR) is 54.5 cm³/mol. The molecular weight excluding hydrogens is 198 g/mol. The van der Waals surface area contributed by atoms with Gasteiger partial charge >= 0.3 is 6.03 Å². The highest BCUT2D eigenvalue weighted by Gasteiger charge is 2.19. The van der Waals surface area contributed by atoms with Crippen molar-refractivity contribution in [3.05, 3.63) is 0 Å². The molecule has 2 N–H and O–H groups in total. The van der Waals surface area contributed by atoms with E-state index in [0.29, 0.717) is 6.61 Å². The summed E-state index contributed by atoms with van der Waals surface area (Å²) in [6.07, 6.45) is 0.145. The zero-order valence-corrected chi connectivity index (χ0v) is 9.08. The van der Waals surface area contributed by atoms with Gasteiger partial charge < -0.3 is 10.1 Å². The van der Waals surface area contributed by atoms with E-state index in [2.05, 4.69) is 10.6 Å². The number of hydrogen-bond donors (Lipinski definition) is 2. The van der Waals surface area contributed by atoms with Crippen molar-refractivity contribution in [2.75, 3.05) is 33.3 Å². The van der Waals surface area contributed by atoms with Crippen LogP contribution in [0.2, 0.25) is 0 Å². The summed E-state index contributed by atoms with van der Waals surface area (Å²) in [6.45, 7) is 4.28. The van der Waals surface area contributed by atoms with Crippen LogP contribution in [0.1, 0.15) is 6.92 Å². The smallest absolute Gasteiger partial charge is 0.321 e. The lowest BCUT2D eigenvalue weighted by atomic mass is 10.3. The van der Waals surface area contributed by atoms with E-state index in [0.717, 1.165) is 13.1 Å². The topological polar surface area (TPSA) is 70.7 Å². The van der Waals surface area contributed by atoms with E-state index in [1.54, 1.807) is 0 Å². The molecule has 0 aliphatic carbocycles. The number of urea groups is 1. The Morgan fingerprint density at radius 2 is 2.27 bits per heavy atom. The molecule has 0 aromatic rings. The first-order valence-corrected chi connectivity index (χ1v) is 4.97. The Labute approximate surface area is 88.9 Å². The SMILES string of the molecule is CNC(=O)NC(=O)CN1CCOC(C)C1. The van der Waals surface area contributed by atoms with Crippen LogP contribution in [-0.4, -0.2) is 56.2 Å². The quantitative estimate of drug-likeness (QED) is 0.630. The van der Waals surface area contributed by atoms with Crippen molar-refractivity contribution < 1.29 is 14.3 Å². The van der Waals surface area contributed by atoms with E-state index < -0.39 is 6.03 Å². The highest BCUT2D eigenvalue weighted by atomic mass is 16.5. The van der Waals surface area contributed by atoms with Crippen LogP contribution in [0.5, 0.6) is 0 Å². The summed E-state index contributed by atoms with van der Waals surface area (Å²) in [5, 5.41) is 4.55. The molecule has 3 amide bonds. The molecule has 6 nitrogen and oxygen atoms in total. The number of morpholine rings is 1. The van der Waals surface area contributed by atoms with Gasteiger partial charge in [0.1, 0.15) is 0 Å². The van der Waals surface area contributed by atoms with E-state index in [1.807, 2.05) is 11.8 Å². The van der Waals surface area contributed by atoms with Gasteiger partial charge in [-0.2, -0.15) is 0 Å². The third-order valence-corrected chi connectivity index (χ3v) is 2.17. The second kappa shape index (κ2) is 5.67. The minimum atomic E-state index is -0.471. The third-order valence-electron chi connectivity index (χ3n) is 2.17. The number of carbonyl (C=O) groups excluding carboxylic acids is 2. The summed E-state index contributed by atoms with van der Waals surface area (Å²) in [4.78, 5) is 24.1. The number of nitrogens with one attached hydrogen (secondary N) is 2. The Bertz CT molecular complexity index is 245. The number of hydrogen-bond acceptors (Lipinski definition) is 4. The zero-order valence-electron chi connectivity index (χ0n) is 9.08. The van der Waals surface area contributed by atoms with E-state index in [4.69, 9.17) is 4.74 Å². The molecule has 0 aromatic carbocycles. The fourth-order valence-corrected chi connectivity index (χ4v) is 1.47. The molecule has 0 saturated carbocycles. The number of carbonyl (C=O) groups is 2. The molecule has 1 fully saturated rings. The van der Waals surface area contributed by atoms with Crippen molar-refractivity contribution >= 4 is 11.9 Å². The standard InChI is InChI=1S/C9H17N3O3/c1-7-5-12(3-4-15-7)6-8(13)11-9(14)10-2/h7H,3-6H2,1-2H3,(H2,10,11,13,14). The number of amides is 3. The molecule has 86 valence electrons. The van der Waals surface area contributed by atoms with Gasteiger partial charge in [0.05, 0.1) is 19.3 Å². The second-order valence-electron chi connectivity index (χ2n) is 3.54. The summed E-state index contributed by atoms with van der Waals surface area (Å²) in [6, 6.07) is -0.471. The summed E-state index contributed by atoms with van der Waals surface area (Å²) in [7, 11) is 1.47. The van der Waals surface area contributed by atoms with Crippen LogP contribution in [0, 0.1) is 0 Å². The van der Waals surface area contributed by atoms with Gasteiger partial charge in [-0.05, 0) is 6.92 Å². The molecular formula is C9H17N3O3. The van der Waals surface area contributed by atoms with Gasteiger partial charge in [-0.25, -0.2) is 4.79 Å². The molecule has 6 heteroatoms. The third kappa shape index (κ3) is 4.26. The number of rotatable bonds is 2. The summed E-state index contributed by atoms with van der Waals surface area (Å²) < 4.78 is 5.34. The maximum atomic E-state index is 11.3. The van der Waals surface area contributed by atoms with Gasteiger partial charge in [-0.3, -0.25) is 15.0 Å². The molecule has 0 bridgehead atoms. The van der Waals surface area contributed by atoms with Gasteiger partial charge in [-0.15, -0.1) is 0 Å². The van der Waals surface area contributed by atoms with E-state index in [9.17, 15) is 9.59 Å². The predicted octanol–water partition coefficient (Wildman–Crippen LogP) is -0.837. The van der Waals surface area contributed by atoms with Crippen molar-refractivity contribution in [1.29, 1.82) is 0 Å². The van der Waals surface area contributed by atoms with Crippen LogP contribution >= 0.6 is 0 Å². The Hall–Kier alpha value is -1.14. The zero-order chi connectivity index (χ0) is 11.3. The molecule has 1 heterocycles. The van der Waals surface area contributed by atoms with Crippen molar-refractivity contribution in [2.24, 2.45) is 0 Å². The van der Waals surface area contributed by atoms with Crippen LogP contribution in [0.15, 0.2) is 0 Å². The lowest BCUT2D eigenvalue weighted by Crippen LogP contribution is -2.48. The fourth-order valence-electron chi connectivity index (χ4n) is 1.47. The van der Waals surface area contributed by atoms with Crippen LogP contribution in [0.3, 0.4) is 0 Å². The maximum absolute atomic E-state index is 11.3. The van der Waals surface area contributed by atoms with E-state index >= 15 is 0 Å². The first-order valence-electron chi connectivity index (χ1n) is 4.97. The van der Waals surface area contributed by atoms with Gasteiger partial charge in [-0.1, -0.05) is 0 Å². The summed E-state index contributed by atoms with van der Waals surface area (Å²) >= 11 is 0. The molecule has 1 rings (SSSR count). The van der Waals surface area contributed by atoms with Crippen LogP contribution < -0.4 is 10.6 Å². The molecule has 15 heavy (non-hydrogen) atoms. The molecule has 1 saturated heterocycles. The maximum Gasteiger partial charge on any atom is 0.321 e. The Balaban J connectivity index is 2.27. The van der Waals surface area contributed by atoms with Gasteiger partial charge in [0.25, 0.3) is 0 Å². The molecule has 1 aliphatic heterocycles. The summed E-state index contributed by atoms with van der Waals surface area (Å²) in [5.74, 6) is -0.288. The largest absolute Gasteiger partial charge is 0.376 e. The molecule has 1 atom stereocenters. The van der Waals surface area contributed by atoms with Crippen molar-refractivity contribution in [2.45, 2.75) is 13.0 Å². The van der Waals surface area contributed by atoms with Crippen molar-refractivity contribution in [3.63, 3.8) is 0 Å². The first kappa shape index (κ1) is 11.9. The molecule has 0 radical (unpaired) electrons. The number of ether oxygens (including phenoxy) is 1. The Morgan fingerprint density at radius 3 is 2.87 bits per heavy atom. The normalized spacial score (nSPS) is 22.1. The summed E-state index contributed by atoms with van der Waals surface area (Å²) in [5.41, 5.74) is 0. The lowest BCUT2D eigenvalue weighted by molar-refractivity contribution is -0.122. The van der Waals surface area contributed by atoms with Crippen LogP contribution in [-0.2, 0) is 9.53 Å². The average molecular weight is 215 g/mol. The van der Waals surface area contributed by atoms with Gasteiger partial charge in [0, 0.05) is 20.1 Å².